The Morgan fingerprint density at radius 2 is 2.42 bits per heavy atom. The fourth-order valence-electron chi connectivity index (χ4n) is 2.31. The third-order valence-electron chi connectivity index (χ3n) is 3.44. The first-order chi connectivity index (χ1) is 9.33. The fourth-order valence-corrected chi connectivity index (χ4v) is 3.10. The van der Waals surface area contributed by atoms with Gasteiger partial charge in [0, 0.05) is 43.8 Å². The lowest BCUT2D eigenvalue weighted by molar-refractivity contribution is 0.164. The van der Waals surface area contributed by atoms with Crippen molar-refractivity contribution in [2.45, 2.75) is 19.5 Å². The van der Waals surface area contributed by atoms with Gasteiger partial charge in [-0.2, -0.15) is 0 Å². The zero-order chi connectivity index (χ0) is 13.1. The van der Waals surface area contributed by atoms with E-state index in [1.54, 1.807) is 11.3 Å². The van der Waals surface area contributed by atoms with Crippen LogP contribution in [0.4, 0.5) is 0 Å². The largest absolute Gasteiger partial charge is 0.314 e. The molecule has 3 heterocycles. The molecule has 0 bridgehead atoms. The molecule has 1 aliphatic heterocycles. The van der Waals surface area contributed by atoms with Crippen LogP contribution >= 0.6 is 11.3 Å². The second-order valence-electron chi connectivity index (χ2n) is 4.88. The van der Waals surface area contributed by atoms with Crippen molar-refractivity contribution in [1.82, 2.24) is 20.2 Å². The molecule has 0 aliphatic carbocycles. The molecule has 4 nitrogen and oxygen atoms in total. The molecule has 100 valence electrons. The Bertz CT molecular complexity index is 525. The van der Waals surface area contributed by atoms with Gasteiger partial charge in [-0.05, 0) is 19.1 Å². The Balaban J connectivity index is 1.71. The van der Waals surface area contributed by atoms with E-state index in [1.165, 1.54) is 0 Å². The highest BCUT2D eigenvalue weighted by Gasteiger charge is 2.19. The number of nitrogens with one attached hydrogen (secondary N) is 1. The van der Waals surface area contributed by atoms with Gasteiger partial charge >= 0.3 is 0 Å². The highest BCUT2D eigenvalue weighted by Crippen LogP contribution is 2.22. The van der Waals surface area contributed by atoms with Gasteiger partial charge in [-0.3, -0.25) is 9.88 Å². The topological polar surface area (TPSA) is 41.0 Å². The van der Waals surface area contributed by atoms with Crippen molar-refractivity contribution in [2.75, 3.05) is 19.6 Å². The maximum atomic E-state index is 4.70. The normalized spacial score (nSPS) is 20.6. The minimum absolute atomic E-state index is 0.578. The Hall–Kier alpha value is -1.30. The molecule has 0 spiro atoms. The molecule has 1 N–H and O–H groups in total. The predicted molar refractivity (Wildman–Crippen MR) is 78.1 cm³/mol. The average molecular weight is 274 g/mol. The van der Waals surface area contributed by atoms with E-state index in [0.717, 1.165) is 42.6 Å². The maximum absolute atomic E-state index is 4.70. The lowest BCUT2D eigenvalue weighted by Gasteiger charge is -2.33. The van der Waals surface area contributed by atoms with E-state index in [-0.39, 0.29) is 0 Å². The van der Waals surface area contributed by atoms with Crippen molar-refractivity contribution in [1.29, 1.82) is 0 Å². The first-order valence-corrected chi connectivity index (χ1v) is 7.51. The van der Waals surface area contributed by atoms with Crippen molar-refractivity contribution < 1.29 is 0 Å². The molecule has 0 saturated carbocycles. The zero-order valence-electron chi connectivity index (χ0n) is 11.0. The van der Waals surface area contributed by atoms with Gasteiger partial charge in [-0.1, -0.05) is 6.07 Å². The van der Waals surface area contributed by atoms with Crippen molar-refractivity contribution in [3.05, 3.63) is 35.5 Å². The highest BCUT2D eigenvalue weighted by atomic mass is 32.1. The summed E-state index contributed by atoms with van der Waals surface area (Å²) in [6.45, 7) is 6.43. The zero-order valence-corrected chi connectivity index (χ0v) is 11.9. The minimum Gasteiger partial charge on any atom is -0.314 e. The van der Waals surface area contributed by atoms with Crippen LogP contribution in [0.25, 0.3) is 10.7 Å². The number of hydrogen-bond acceptors (Lipinski definition) is 5. The monoisotopic (exact) mass is 274 g/mol. The van der Waals surface area contributed by atoms with Crippen LogP contribution in [0.2, 0.25) is 0 Å². The quantitative estimate of drug-likeness (QED) is 0.929. The summed E-state index contributed by atoms with van der Waals surface area (Å²) in [7, 11) is 0. The molecule has 5 heteroatoms. The van der Waals surface area contributed by atoms with Crippen molar-refractivity contribution in [3.8, 4) is 10.7 Å². The molecule has 1 atom stereocenters. The molecule has 0 aromatic carbocycles. The van der Waals surface area contributed by atoms with E-state index in [0.29, 0.717) is 6.04 Å². The van der Waals surface area contributed by atoms with E-state index < -0.39 is 0 Å². The van der Waals surface area contributed by atoms with Crippen LogP contribution in [0.15, 0.2) is 29.8 Å². The van der Waals surface area contributed by atoms with Gasteiger partial charge < -0.3 is 5.32 Å². The van der Waals surface area contributed by atoms with Crippen LogP contribution < -0.4 is 5.32 Å². The van der Waals surface area contributed by atoms with Crippen LogP contribution in [0, 0.1) is 0 Å². The molecule has 0 radical (unpaired) electrons. The van der Waals surface area contributed by atoms with E-state index >= 15 is 0 Å². The first-order valence-electron chi connectivity index (χ1n) is 6.63. The molecule has 1 aliphatic rings. The Kier molecular flexibility index (Phi) is 3.87. The van der Waals surface area contributed by atoms with Gasteiger partial charge in [0.25, 0.3) is 0 Å². The summed E-state index contributed by atoms with van der Waals surface area (Å²) in [5.74, 6) is 0. The molecule has 1 saturated heterocycles. The SMILES string of the molecule is C[C@@H]1CNCCN1Cc1csc(-c2ccccn2)n1. The molecule has 1 fully saturated rings. The highest BCUT2D eigenvalue weighted by molar-refractivity contribution is 7.13. The predicted octanol–water partition coefficient (Wildman–Crippen LogP) is 2.00. The van der Waals surface area contributed by atoms with Crippen molar-refractivity contribution >= 4 is 11.3 Å². The van der Waals surface area contributed by atoms with Crippen LogP contribution in [0.5, 0.6) is 0 Å². The van der Waals surface area contributed by atoms with Crippen LogP contribution in [-0.4, -0.2) is 40.5 Å². The third kappa shape index (κ3) is 3.00. The van der Waals surface area contributed by atoms with Crippen molar-refractivity contribution in [3.63, 3.8) is 0 Å². The molecule has 2 aromatic rings. The van der Waals surface area contributed by atoms with Crippen LogP contribution in [0.1, 0.15) is 12.6 Å². The third-order valence-corrected chi connectivity index (χ3v) is 4.35. The number of thiazole rings is 1. The van der Waals surface area contributed by atoms with Gasteiger partial charge in [0.1, 0.15) is 5.01 Å². The summed E-state index contributed by atoms with van der Waals surface area (Å²) >= 11 is 1.68. The lowest BCUT2D eigenvalue weighted by Crippen LogP contribution is -2.49. The standard InChI is InChI=1S/C14H18N4S/c1-11-8-15-6-7-18(11)9-12-10-19-14(17-12)13-4-2-3-5-16-13/h2-5,10-11,15H,6-9H2,1H3/t11-/m1/s1. The summed E-state index contributed by atoms with van der Waals surface area (Å²) in [5.41, 5.74) is 2.12. The molecular formula is C14H18N4S. The van der Waals surface area contributed by atoms with E-state index in [4.69, 9.17) is 4.98 Å². The summed E-state index contributed by atoms with van der Waals surface area (Å²) in [4.78, 5) is 11.5. The number of aromatic nitrogens is 2. The maximum Gasteiger partial charge on any atom is 0.142 e. The summed E-state index contributed by atoms with van der Waals surface area (Å²) < 4.78 is 0. The second kappa shape index (κ2) is 5.77. The average Bonchev–Trinajstić information content (AvgIpc) is 2.91. The first kappa shape index (κ1) is 12.7. The Labute approximate surface area is 117 Å². The number of piperazine rings is 1. The molecule has 19 heavy (non-hydrogen) atoms. The molecular weight excluding hydrogens is 256 g/mol. The number of rotatable bonds is 3. The Morgan fingerprint density at radius 1 is 1.47 bits per heavy atom. The van der Waals surface area contributed by atoms with Gasteiger partial charge in [-0.25, -0.2) is 4.98 Å². The molecule has 0 amide bonds. The van der Waals surface area contributed by atoms with Gasteiger partial charge in [0.15, 0.2) is 0 Å². The van der Waals surface area contributed by atoms with Crippen molar-refractivity contribution in [2.24, 2.45) is 0 Å². The molecule has 2 aromatic heterocycles. The number of hydrogen-bond donors (Lipinski definition) is 1. The number of nitrogens with zero attached hydrogens (tertiary/aromatic N) is 3. The molecule has 0 unspecified atom stereocenters. The van der Waals surface area contributed by atoms with Gasteiger partial charge in [0.05, 0.1) is 11.4 Å². The summed E-state index contributed by atoms with van der Waals surface area (Å²) in [6, 6.07) is 6.52. The molecule has 3 rings (SSSR count). The summed E-state index contributed by atoms with van der Waals surface area (Å²) in [6.07, 6.45) is 1.81. The van der Waals surface area contributed by atoms with Crippen LogP contribution in [0.3, 0.4) is 0 Å². The van der Waals surface area contributed by atoms with E-state index in [1.807, 2.05) is 24.4 Å². The number of pyridine rings is 1. The lowest BCUT2D eigenvalue weighted by atomic mass is 10.2. The fraction of sp³-hybridized carbons (Fsp3) is 0.429. The van der Waals surface area contributed by atoms with Gasteiger partial charge in [-0.15, -0.1) is 11.3 Å². The second-order valence-corrected chi connectivity index (χ2v) is 5.74. The smallest absolute Gasteiger partial charge is 0.142 e. The van der Waals surface area contributed by atoms with Crippen LogP contribution in [-0.2, 0) is 6.54 Å². The van der Waals surface area contributed by atoms with Gasteiger partial charge in [0.2, 0.25) is 0 Å². The van der Waals surface area contributed by atoms with E-state index in [2.05, 4.69) is 27.5 Å². The van der Waals surface area contributed by atoms with E-state index in [9.17, 15) is 0 Å². The summed E-state index contributed by atoms with van der Waals surface area (Å²) in [5, 5.41) is 6.58. The Morgan fingerprint density at radius 3 is 3.21 bits per heavy atom. The minimum atomic E-state index is 0.578.